The summed E-state index contributed by atoms with van der Waals surface area (Å²) in [7, 11) is 0. The van der Waals surface area contributed by atoms with E-state index in [4.69, 9.17) is 9.47 Å². The van der Waals surface area contributed by atoms with Crippen LogP contribution in [0.25, 0.3) is 0 Å². The normalized spacial score (nSPS) is 26.6. The van der Waals surface area contributed by atoms with Gasteiger partial charge in [-0.05, 0) is 94.5 Å². The van der Waals surface area contributed by atoms with E-state index in [2.05, 4.69) is 75.9 Å². The molecule has 4 atom stereocenters. The number of hydrogen-bond acceptors (Lipinski definition) is 4. The number of likely N-dealkylation sites (tertiary alicyclic amines) is 1. The third-order valence-electron chi connectivity index (χ3n) is 9.43. The smallest absolute Gasteiger partial charge is 0.166 e. The fraction of sp³-hybridized carbons (Fsp3) is 0.594. The lowest BCUT2D eigenvalue weighted by Crippen LogP contribution is -2.58. The Morgan fingerprint density at radius 1 is 1.08 bits per heavy atom. The number of ketones is 1. The van der Waals surface area contributed by atoms with Crippen molar-refractivity contribution in [2.24, 2.45) is 16.7 Å². The van der Waals surface area contributed by atoms with E-state index in [0.29, 0.717) is 24.4 Å². The standard InChI is InChI=1S/C32H45NO3.155H2/c1-9-35-28-18-25-17-26(30(34)27(25)19-29(28)36-21(2)3)20-32(8)15-16-33(23(5)31(32,6)7)22(4)24-13-11-10-12-14-24;;;;;;;;;;;;;;;;;;;;;;;;;;;;;;;;;;;;;;;;;;;;;;;;;;;;;;;;;;;;;;;;;;;;;;;;;;;;;;;;;;;;;;;;;;;;;;;;;;;;;;;;;;;;;;;;;;;;;;;;;;;;;;;;;;;;;;;;;;;;;;;;;;;;;;;;;;;/h10-14,18-19,21-23,26H,9,15-17,20H2,1-8H3;155*1H. The molecule has 1 aliphatic carbocycles. The summed E-state index contributed by atoms with van der Waals surface area (Å²) >= 11 is 0. The summed E-state index contributed by atoms with van der Waals surface area (Å²) < 4.78 is 11.9. The minimum Gasteiger partial charge on any atom is -0.490 e. The molecule has 1 aliphatic heterocycles. The van der Waals surface area contributed by atoms with E-state index in [0.717, 1.165) is 42.7 Å². The molecule has 0 N–H and O–H groups in total. The molecule has 2 aliphatic rings. The minimum absolute atomic E-state index is 0. The molecule has 0 spiro atoms. The van der Waals surface area contributed by atoms with Crippen LogP contribution in [-0.2, 0) is 6.42 Å². The number of Topliss-reactive ketones (excluding diaryl/α,β-unsaturated/α-hetero) is 1. The molecule has 4 unspecified atom stereocenters. The molecular weight excluding hydrogens is 446 g/mol. The molecule has 0 aromatic heterocycles. The average molecular weight is 804 g/mol. The Morgan fingerprint density at radius 3 is 2.42 bits per heavy atom. The molecule has 1 saturated heterocycles. The number of rotatable bonds is 8. The van der Waals surface area contributed by atoms with Crippen molar-refractivity contribution in [3.8, 4) is 11.5 Å². The summed E-state index contributed by atoms with van der Waals surface area (Å²) in [5.41, 5.74) is 3.43. The van der Waals surface area contributed by atoms with Crippen LogP contribution in [0.2, 0.25) is 0 Å². The quantitative estimate of drug-likeness (QED) is 0.266. The summed E-state index contributed by atoms with van der Waals surface area (Å²) in [6.07, 6.45) is 2.82. The Balaban J connectivity index is -0.000000000654. The average Bonchev–Trinajstić information content (AvgIpc) is 3.12. The maximum atomic E-state index is 13.7. The number of hydrogen-bond donors (Lipinski definition) is 0. The van der Waals surface area contributed by atoms with Crippen LogP contribution in [0.1, 0.15) is 317 Å². The molecule has 0 amide bonds. The van der Waals surface area contributed by atoms with Crippen molar-refractivity contribution in [1.82, 2.24) is 4.90 Å². The van der Waals surface area contributed by atoms with Gasteiger partial charge in [-0.15, -0.1) is 0 Å². The summed E-state index contributed by atoms with van der Waals surface area (Å²) in [5, 5.41) is 0. The fourth-order valence-corrected chi connectivity index (χ4v) is 6.53. The number of carbonyl (C=O) groups excluding carboxylic acids is 1. The van der Waals surface area contributed by atoms with E-state index in [-0.39, 0.29) is 250 Å². The number of benzene rings is 2. The van der Waals surface area contributed by atoms with Gasteiger partial charge in [-0.1, -0.05) is 51.1 Å². The van der Waals surface area contributed by atoms with E-state index in [1.807, 2.05) is 26.8 Å². The topological polar surface area (TPSA) is 38.8 Å². The van der Waals surface area contributed by atoms with E-state index in [1.165, 1.54) is 5.56 Å². The molecule has 4 rings (SSSR count). The largest absolute Gasteiger partial charge is 0.490 e. The lowest BCUT2D eigenvalue weighted by atomic mass is 9.55. The van der Waals surface area contributed by atoms with E-state index >= 15 is 0 Å². The van der Waals surface area contributed by atoms with Gasteiger partial charge >= 0.3 is 0 Å². The first-order valence-electron chi connectivity index (χ1n) is 13.8. The molecule has 1 fully saturated rings. The highest BCUT2D eigenvalue weighted by Crippen LogP contribution is 2.55. The first kappa shape index (κ1) is 26.7. The molecule has 0 bridgehead atoms. The Hall–Kier alpha value is -2.33. The first-order valence-corrected chi connectivity index (χ1v) is 13.8. The summed E-state index contributed by atoms with van der Waals surface area (Å²) in [6.45, 7) is 19.6. The van der Waals surface area contributed by atoms with Gasteiger partial charge in [0.1, 0.15) is 0 Å². The third kappa shape index (κ3) is 4.81. The highest BCUT2D eigenvalue weighted by atomic mass is 16.5. The van der Waals surface area contributed by atoms with Crippen LogP contribution in [0, 0.1) is 16.7 Å². The molecule has 0 radical (unpaired) electrons. The number of nitrogens with zero attached hydrogens (tertiary/aromatic N) is 1. The number of fused-ring (bicyclic) bond motifs is 1. The number of ether oxygens (including phenoxy) is 2. The fourth-order valence-electron chi connectivity index (χ4n) is 6.53. The van der Waals surface area contributed by atoms with E-state index in [1.54, 1.807) is 0 Å². The van der Waals surface area contributed by atoms with E-state index < -0.39 is 0 Å². The van der Waals surface area contributed by atoms with Crippen LogP contribution in [0.4, 0.5) is 0 Å². The molecule has 2 aromatic rings. The monoisotopic (exact) mass is 804 g/mol. The molecule has 2 aromatic carbocycles. The molecule has 4 nitrogen and oxygen atoms in total. The predicted octanol–water partition coefficient (Wildman–Crippen LogP) is 45.6. The molecule has 1 heterocycles. The van der Waals surface area contributed by atoms with Crippen LogP contribution < -0.4 is 9.47 Å². The van der Waals surface area contributed by atoms with Crippen LogP contribution in [-0.4, -0.2) is 36.0 Å². The Labute approximate surface area is 448 Å². The Bertz CT molecular complexity index is 1210. The van der Waals surface area contributed by atoms with Crippen molar-refractivity contribution in [2.75, 3.05) is 13.2 Å². The molecular formula is C32H355NO3. The second-order valence-corrected chi connectivity index (χ2v) is 12.1. The summed E-state index contributed by atoms with van der Waals surface area (Å²) in [6, 6.07) is 15.6. The van der Waals surface area contributed by atoms with Gasteiger partial charge in [-0.25, -0.2) is 0 Å². The van der Waals surface area contributed by atoms with Gasteiger partial charge in [-0.3, -0.25) is 9.69 Å². The highest BCUT2D eigenvalue weighted by Gasteiger charge is 2.52. The van der Waals surface area contributed by atoms with Gasteiger partial charge in [0.05, 0.1) is 12.7 Å². The lowest BCUT2D eigenvalue weighted by Gasteiger charge is -2.58. The van der Waals surface area contributed by atoms with Crippen molar-refractivity contribution in [3.63, 3.8) is 0 Å². The van der Waals surface area contributed by atoms with Crippen LogP contribution in [0.5, 0.6) is 11.5 Å². The molecule has 36 heavy (non-hydrogen) atoms. The summed E-state index contributed by atoms with van der Waals surface area (Å²) in [4.78, 5) is 16.3. The zero-order chi connectivity index (χ0) is 26.3. The maximum Gasteiger partial charge on any atom is 0.166 e. The second-order valence-electron chi connectivity index (χ2n) is 12.1. The van der Waals surface area contributed by atoms with Gasteiger partial charge in [0.15, 0.2) is 17.3 Å². The van der Waals surface area contributed by atoms with Crippen LogP contribution in [0.15, 0.2) is 42.5 Å². The Kier molecular flexibility index (Phi) is 7.57. The van der Waals surface area contributed by atoms with Crippen molar-refractivity contribution >= 4 is 5.78 Å². The van der Waals surface area contributed by atoms with Crippen LogP contribution in [0.3, 0.4) is 0 Å². The SMILES string of the molecule is CCOc1cc2c(cc1OC(C)C)C(=O)C(CC1(C)CCN(C(C)c3ccccc3)C(C)C1(C)C)C2.[HH].[HH].[HH].[HH].[HH].[HH].[HH].[HH].[HH].[HH].[HH].[HH].[HH].[HH].[HH].[HH].[HH].[HH].[HH].[HH].[HH].[HH].[HH].[HH].[HH].[HH].[HH].[HH].[HH].[HH].[HH].[HH].[HH].[HH].[HH].[HH].[HH].[HH].[HH].[HH].[HH].[HH].[HH].[HH].[HH].[HH].[HH].[HH].[HH].[HH].[HH].[HH].[HH].[HH].[HH].[HH].[HH].[HH].[HH].[HH].[HH].[HH].[HH].[HH].[HH].[HH].[HH].[HH].[HH].[HH].[HH].[HH].[HH].[HH].[HH].[HH].[HH].[HH].[HH].[HH].[HH].[HH].[HH].[HH].[HH].[HH].[HH].[HH].[HH].[HH].[HH].[HH].[HH].[HH].[HH].[HH].[HH].[HH].[HH].[HH].[HH].[HH].[HH].[HH].[HH].[HH].[HH].[HH].[HH].[HH].[HH].[HH].[HH].[HH].[HH].[HH].[HH].[HH].[HH].[HH].[HH].[HH].[HH].[HH].[HH].[HH].[HH].[HH].[HH].[HH].[HH].[HH].[HH].[HH].[HH].[HH].[HH].[HH].[HH].[HH].[HH].[HH].[HH].[HH].[HH].[HH].[HH].[HH].[HH].[HH].[HH].[HH].[HH].[HH].[HH]. The zero-order valence-electron chi connectivity index (χ0n) is 23.6. The van der Waals surface area contributed by atoms with Crippen molar-refractivity contribution in [2.45, 2.75) is 92.8 Å². The van der Waals surface area contributed by atoms with Crippen molar-refractivity contribution < 1.29 is 235 Å². The Morgan fingerprint density at radius 2 is 1.78 bits per heavy atom. The van der Waals surface area contributed by atoms with Gasteiger partial charge in [0.25, 0.3) is 0 Å². The molecule has 506 valence electrons. The van der Waals surface area contributed by atoms with E-state index in [9.17, 15) is 4.79 Å². The van der Waals surface area contributed by atoms with Crippen molar-refractivity contribution in [3.05, 3.63) is 59.2 Å². The van der Waals surface area contributed by atoms with Gasteiger partial charge < -0.3 is 9.47 Å². The highest BCUT2D eigenvalue weighted by molar-refractivity contribution is 6.03. The molecule has 0 saturated carbocycles. The minimum atomic E-state index is 0. The second kappa shape index (κ2) is 10.2. The van der Waals surface area contributed by atoms with Gasteiger partial charge in [0.2, 0.25) is 0 Å². The summed E-state index contributed by atoms with van der Waals surface area (Å²) in [5.74, 6) is 1.72. The molecule has 4 heteroatoms. The maximum absolute atomic E-state index is 13.7. The lowest BCUT2D eigenvalue weighted by molar-refractivity contribution is -0.0875. The zero-order valence-corrected chi connectivity index (χ0v) is 23.6. The number of carbonyl (C=O) groups is 1. The van der Waals surface area contributed by atoms with Crippen molar-refractivity contribution in [1.29, 1.82) is 0 Å². The van der Waals surface area contributed by atoms with Gasteiger partial charge in [-0.2, -0.15) is 0 Å². The number of piperidine rings is 1. The van der Waals surface area contributed by atoms with Gasteiger partial charge in [0, 0.05) is 245 Å². The predicted molar refractivity (Wildman–Crippen MR) is 475 cm³/mol. The third-order valence-corrected chi connectivity index (χ3v) is 9.43. The first-order chi connectivity index (χ1) is 17.0. The van der Waals surface area contributed by atoms with Crippen LogP contribution >= 0.6 is 0 Å².